The number of hydrogen-bond acceptors (Lipinski definition) is 6. The molecular weight excluding hydrogens is 266 g/mol. The molecule has 0 spiro atoms. The maximum absolute atomic E-state index is 11.2. The van der Waals surface area contributed by atoms with Crippen LogP contribution in [0.1, 0.15) is 6.92 Å². The molecule has 0 unspecified atom stereocenters. The summed E-state index contributed by atoms with van der Waals surface area (Å²) in [6, 6.07) is 1.88. The van der Waals surface area contributed by atoms with Gasteiger partial charge in [-0.3, -0.25) is 9.48 Å². The van der Waals surface area contributed by atoms with Crippen LogP contribution in [0.5, 0.6) is 0 Å². The first kappa shape index (κ1) is 13.6. The van der Waals surface area contributed by atoms with Gasteiger partial charge in [-0.15, -0.1) is 10.2 Å². The lowest BCUT2D eigenvalue weighted by atomic mass is 10.4. The summed E-state index contributed by atoms with van der Waals surface area (Å²) in [6.07, 6.45) is 1.71. The molecule has 0 bridgehead atoms. The predicted molar refractivity (Wildman–Crippen MR) is 70.6 cm³/mol. The van der Waals surface area contributed by atoms with E-state index < -0.39 is 0 Å². The van der Waals surface area contributed by atoms with Gasteiger partial charge in [-0.25, -0.2) is 0 Å². The summed E-state index contributed by atoms with van der Waals surface area (Å²) in [5.74, 6) is 0.688. The molecule has 0 aliphatic carbocycles. The van der Waals surface area contributed by atoms with Gasteiger partial charge in [0.05, 0.1) is 12.9 Å². The van der Waals surface area contributed by atoms with E-state index in [2.05, 4.69) is 20.0 Å². The maximum atomic E-state index is 11.2. The summed E-state index contributed by atoms with van der Waals surface area (Å²) in [4.78, 5) is 11.2. The standard InChI is InChI=1S/C11H15N5O2S/c1-4-16-10(8-5-6-12-15(8)2)13-14-11(16)19-7-9(17)18-3/h5-6H,4,7H2,1-3H3. The fourth-order valence-electron chi connectivity index (χ4n) is 1.65. The molecule has 102 valence electrons. The van der Waals surface area contributed by atoms with E-state index in [9.17, 15) is 4.79 Å². The van der Waals surface area contributed by atoms with Gasteiger partial charge < -0.3 is 9.30 Å². The van der Waals surface area contributed by atoms with E-state index in [0.717, 1.165) is 18.1 Å². The highest BCUT2D eigenvalue weighted by atomic mass is 32.2. The summed E-state index contributed by atoms with van der Waals surface area (Å²) in [7, 11) is 3.22. The van der Waals surface area contributed by atoms with Crippen molar-refractivity contribution < 1.29 is 9.53 Å². The monoisotopic (exact) mass is 281 g/mol. The minimum Gasteiger partial charge on any atom is -0.468 e. The quantitative estimate of drug-likeness (QED) is 0.600. The number of aryl methyl sites for hydroxylation is 1. The number of hydrogen-bond donors (Lipinski definition) is 0. The van der Waals surface area contributed by atoms with Crippen molar-refractivity contribution in [2.24, 2.45) is 7.05 Å². The number of methoxy groups -OCH3 is 1. The molecule has 2 aromatic heterocycles. The van der Waals surface area contributed by atoms with Crippen molar-refractivity contribution in [3.05, 3.63) is 12.3 Å². The van der Waals surface area contributed by atoms with E-state index in [-0.39, 0.29) is 11.7 Å². The summed E-state index contributed by atoms with van der Waals surface area (Å²) in [5, 5.41) is 13.1. The van der Waals surface area contributed by atoms with Gasteiger partial charge in [-0.2, -0.15) is 5.10 Å². The lowest BCUT2D eigenvalue weighted by Crippen LogP contribution is -2.06. The third-order valence-electron chi connectivity index (χ3n) is 2.63. The number of aromatic nitrogens is 5. The number of nitrogens with zero attached hydrogens (tertiary/aromatic N) is 5. The van der Waals surface area contributed by atoms with E-state index >= 15 is 0 Å². The zero-order valence-electron chi connectivity index (χ0n) is 11.0. The average molecular weight is 281 g/mol. The van der Waals surface area contributed by atoms with Crippen LogP contribution < -0.4 is 0 Å². The topological polar surface area (TPSA) is 74.8 Å². The van der Waals surface area contributed by atoms with Gasteiger partial charge in [-0.1, -0.05) is 11.8 Å². The van der Waals surface area contributed by atoms with Crippen LogP contribution in [0, 0.1) is 0 Å². The Bertz CT molecular complexity index is 577. The molecule has 0 fully saturated rings. The van der Waals surface area contributed by atoms with Gasteiger partial charge >= 0.3 is 5.97 Å². The van der Waals surface area contributed by atoms with Gasteiger partial charge in [0.15, 0.2) is 11.0 Å². The largest absolute Gasteiger partial charge is 0.468 e. The lowest BCUT2D eigenvalue weighted by molar-refractivity contribution is -0.137. The molecule has 2 heterocycles. The van der Waals surface area contributed by atoms with Crippen LogP contribution >= 0.6 is 11.8 Å². The van der Waals surface area contributed by atoms with Crippen molar-refractivity contribution in [1.29, 1.82) is 0 Å². The van der Waals surface area contributed by atoms with Crippen LogP contribution in [0.3, 0.4) is 0 Å². The summed E-state index contributed by atoms with van der Waals surface area (Å²) < 4.78 is 8.30. The number of carbonyl (C=O) groups excluding carboxylic acids is 1. The van der Waals surface area contributed by atoms with E-state index in [1.165, 1.54) is 18.9 Å². The first-order chi connectivity index (χ1) is 9.17. The second kappa shape index (κ2) is 5.87. The van der Waals surface area contributed by atoms with Gasteiger partial charge in [0.1, 0.15) is 5.69 Å². The van der Waals surface area contributed by atoms with Crippen molar-refractivity contribution in [1.82, 2.24) is 24.5 Å². The number of ether oxygens (including phenoxy) is 1. The molecule has 0 aromatic carbocycles. The molecule has 0 saturated carbocycles. The lowest BCUT2D eigenvalue weighted by Gasteiger charge is -2.06. The van der Waals surface area contributed by atoms with Gasteiger partial charge in [-0.05, 0) is 13.0 Å². The summed E-state index contributed by atoms with van der Waals surface area (Å²) in [5.41, 5.74) is 0.888. The minimum absolute atomic E-state index is 0.222. The molecule has 2 rings (SSSR count). The molecule has 0 N–H and O–H groups in total. The molecule has 0 aliphatic rings. The molecule has 0 aliphatic heterocycles. The average Bonchev–Trinajstić information content (AvgIpc) is 3.00. The van der Waals surface area contributed by atoms with Crippen molar-refractivity contribution in [2.75, 3.05) is 12.9 Å². The highest BCUT2D eigenvalue weighted by molar-refractivity contribution is 7.99. The fraction of sp³-hybridized carbons (Fsp3) is 0.455. The smallest absolute Gasteiger partial charge is 0.316 e. The van der Waals surface area contributed by atoms with Crippen LogP contribution in [0.2, 0.25) is 0 Å². The first-order valence-electron chi connectivity index (χ1n) is 5.78. The van der Waals surface area contributed by atoms with Gasteiger partial charge in [0.25, 0.3) is 0 Å². The van der Waals surface area contributed by atoms with Crippen LogP contribution in [0.15, 0.2) is 17.4 Å². The van der Waals surface area contributed by atoms with E-state index in [4.69, 9.17) is 0 Å². The number of esters is 1. The Balaban J connectivity index is 2.26. The zero-order chi connectivity index (χ0) is 13.8. The Kier molecular flexibility index (Phi) is 4.20. The van der Waals surface area contributed by atoms with Gasteiger partial charge in [0.2, 0.25) is 0 Å². The molecule has 7 nitrogen and oxygen atoms in total. The molecule has 0 atom stereocenters. The molecule has 0 radical (unpaired) electrons. The molecule has 0 amide bonds. The normalized spacial score (nSPS) is 10.7. The van der Waals surface area contributed by atoms with Crippen molar-refractivity contribution in [2.45, 2.75) is 18.6 Å². The van der Waals surface area contributed by atoms with E-state index in [1.54, 1.807) is 10.9 Å². The van der Waals surface area contributed by atoms with E-state index in [0.29, 0.717) is 5.16 Å². The van der Waals surface area contributed by atoms with Crippen molar-refractivity contribution in [3.8, 4) is 11.5 Å². The Morgan fingerprint density at radius 2 is 2.26 bits per heavy atom. The predicted octanol–water partition coefficient (Wildman–Crippen LogP) is 0.964. The SMILES string of the molecule is CCn1c(SCC(=O)OC)nnc1-c1ccnn1C. The summed E-state index contributed by atoms with van der Waals surface area (Å²) >= 11 is 1.31. The minimum atomic E-state index is -0.280. The molecular formula is C11H15N5O2S. The van der Waals surface area contributed by atoms with Crippen LogP contribution in [-0.2, 0) is 23.1 Å². The highest BCUT2D eigenvalue weighted by Crippen LogP contribution is 2.23. The Labute approximate surface area is 115 Å². The van der Waals surface area contributed by atoms with Crippen molar-refractivity contribution in [3.63, 3.8) is 0 Å². The Morgan fingerprint density at radius 1 is 1.47 bits per heavy atom. The molecule has 2 aromatic rings. The third kappa shape index (κ3) is 2.78. The second-order valence-corrected chi connectivity index (χ2v) is 4.70. The van der Waals surface area contributed by atoms with Crippen LogP contribution in [0.25, 0.3) is 11.5 Å². The van der Waals surface area contributed by atoms with Crippen molar-refractivity contribution >= 4 is 17.7 Å². The van der Waals surface area contributed by atoms with E-state index in [1.807, 2.05) is 24.6 Å². The Hall–Kier alpha value is -1.83. The Morgan fingerprint density at radius 3 is 2.84 bits per heavy atom. The summed E-state index contributed by atoms with van der Waals surface area (Å²) in [6.45, 7) is 2.72. The fourth-order valence-corrected chi connectivity index (χ4v) is 2.48. The molecule has 8 heteroatoms. The van der Waals surface area contributed by atoms with Gasteiger partial charge in [0, 0.05) is 19.8 Å². The van der Waals surface area contributed by atoms with Crippen LogP contribution in [0.4, 0.5) is 0 Å². The van der Waals surface area contributed by atoms with Crippen LogP contribution in [-0.4, -0.2) is 43.4 Å². The number of carbonyl (C=O) groups is 1. The second-order valence-electron chi connectivity index (χ2n) is 3.76. The molecule has 19 heavy (non-hydrogen) atoms. The number of thioether (sulfide) groups is 1. The number of rotatable bonds is 5. The first-order valence-corrected chi connectivity index (χ1v) is 6.77. The third-order valence-corrected chi connectivity index (χ3v) is 3.57. The molecule has 0 saturated heterocycles. The highest BCUT2D eigenvalue weighted by Gasteiger charge is 2.16. The maximum Gasteiger partial charge on any atom is 0.316 e. The zero-order valence-corrected chi connectivity index (χ0v) is 11.8.